The molecule has 0 amide bonds. The molecule has 0 aliphatic carbocycles. The number of ketones is 1. The van der Waals surface area contributed by atoms with E-state index >= 15 is 0 Å². The number of ether oxygens (including phenoxy) is 1. The van der Waals surface area contributed by atoms with Crippen LogP contribution in [0.3, 0.4) is 0 Å². The summed E-state index contributed by atoms with van der Waals surface area (Å²) in [4.78, 5) is 24.2. The summed E-state index contributed by atoms with van der Waals surface area (Å²) in [6.07, 6.45) is 1.18. The number of carbonyl (C=O) groups is 1. The Morgan fingerprint density at radius 1 is 1.57 bits per heavy atom. The molecule has 0 saturated carbocycles. The standard InChI is InChI=1S/C16H19N3O4/c1-12(20)14-3-4-15(16(9-14)19(21)22)18(7-2-6-17)10-13-5-8-23-11-13/h3-4,9,13H,2,5,7-8,10-11H2,1H3/t13-/m1/s1. The Labute approximate surface area is 134 Å². The summed E-state index contributed by atoms with van der Waals surface area (Å²) >= 11 is 0. The van der Waals surface area contributed by atoms with Gasteiger partial charge in [0.1, 0.15) is 5.69 Å². The summed E-state index contributed by atoms with van der Waals surface area (Å²) < 4.78 is 5.36. The van der Waals surface area contributed by atoms with Gasteiger partial charge in [-0.25, -0.2) is 0 Å². The second-order valence-electron chi connectivity index (χ2n) is 5.60. The van der Waals surface area contributed by atoms with Crippen LogP contribution in [-0.4, -0.2) is 37.0 Å². The van der Waals surface area contributed by atoms with E-state index in [1.54, 1.807) is 12.1 Å². The Hall–Kier alpha value is -2.46. The van der Waals surface area contributed by atoms with E-state index in [1.807, 2.05) is 4.90 Å². The minimum atomic E-state index is -0.480. The second kappa shape index (κ2) is 7.70. The first kappa shape index (κ1) is 16.9. The van der Waals surface area contributed by atoms with E-state index in [-0.39, 0.29) is 17.9 Å². The van der Waals surface area contributed by atoms with Crippen LogP contribution >= 0.6 is 0 Å². The van der Waals surface area contributed by atoms with Gasteiger partial charge in [0.25, 0.3) is 5.69 Å². The molecule has 0 unspecified atom stereocenters. The van der Waals surface area contributed by atoms with Crippen molar-refractivity contribution in [3.63, 3.8) is 0 Å². The summed E-state index contributed by atoms with van der Waals surface area (Å²) in [6.45, 7) is 3.71. The lowest BCUT2D eigenvalue weighted by molar-refractivity contribution is -0.384. The lowest BCUT2D eigenvalue weighted by Crippen LogP contribution is -2.31. The zero-order valence-corrected chi connectivity index (χ0v) is 13.0. The van der Waals surface area contributed by atoms with Crippen LogP contribution < -0.4 is 4.90 Å². The van der Waals surface area contributed by atoms with Gasteiger partial charge in [0.2, 0.25) is 0 Å². The van der Waals surface area contributed by atoms with Crippen molar-refractivity contribution >= 4 is 17.2 Å². The SMILES string of the molecule is CC(=O)c1ccc(N(CCC#N)C[C@H]2CCOC2)c([N+](=O)[O-])c1. The van der Waals surface area contributed by atoms with Crippen molar-refractivity contribution in [2.24, 2.45) is 5.92 Å². The van der Waals surface area contributed by atoms with Gasteiger partial charge < -0.3 is 9.64 Å². The minimum absolute atomic E-state index is 0.102. The summed E-state index contributed by atoms with van der Waals surface area (Å²) in [5.41, 5.74) is 0.654. The van der Waals surface area contributed by atoms with Gasteiger partial charge in [0, 0.05) is 37.2 Å². The minimum Gasteiger partial charge on any atom is -0.381 e. The van der Waals surface area contributed by atoms with Gasteiger partial charge in [-0.1, -0.05) is 0 Å². The Kier molecular flexibility index (Phi) is 5.66. The highest BCUT2D eigenvalue weighted by molar-refractivity contribution is 5.95. The van der Waals surface area contributed by atoms with E-state index in [9.17, 15) is 14.9 Å². The summed E-state index contributed by atoms with van der Waals surface area (Å²) in [6, 6.07) is 6.57. The summed E-state index contributed by atoms with van der Waals surface area (Å²) in [5, 5.41) is 20.2. The molecule has 7 nitrogen and oxygen atoms in total. The number of rotatable bonds is 7. The maximum atomic E-state index is 11.5. The Bertz CT molecular complexity index is 633. The normalized spacial score (nSPS) is 16.8. The molecule has 1 aromatic rings. The largest absolute Gasteiger partial charge is 0.381 e. The molecule has 122 valence electrons. The number of carbonyl (C=O) groups excluding carboxylic acids is 1. The first-order chi connectivity index (χ1) is 11.0. The molecule has 0 N–H and O–H groups in total. The third-order valence-corrected chi connectivity index (χ3v) is 3.92. The lowest BCUT2D eigenvalue weighted by Gasteiger charge is -2.26. The topological polar surface area (TPSA) is 96.5 Å². The van der Waals surface area contributed by atoms with Gasteiger partial charge in [-0.3, -0.25) is 14.9 Å². The highest BCUT2D eigenvalue weighted by Gasteiger charge is 2.25. The first-order valence-electron chi connectivity index (χ1n) is 7.52. The quantitative estimate of drug-likeness (QED) is 0.435. The van der Waals surface area contributed by atoms with Gasteiger partial charge in [0.15, 0.2) is 5.78 Å². The zero-order valence-electron chi connectivity index (χ0n) is 13.0. The van der Waals surface area contributed by atoms with Crippen LogP contribution in [0.2, 0.25) is 0 Å². The van der Waals surface area contributed by atoms with Crippen LogP contribution in [0, 0.1) is 27.4 Å². The highest BCUT2D eigenvalue weighted by Crippen LogP contribution is 2.31. The number of nitriles is 1. The maximum absolute atomic E-state index is 11.5. The number of benzene rings is 1. The fourth-order valence-corrected chi connectivity index (χ4v) is 2.69. The molecule has 1 saturated heterocycles. The predicted molar refractivity (Wildman–Crippen MR) is 84.5 cm³/mol. The van der Waals surface area contributed by atoms with Crippen LogP contribution in [0.15, 0.2) is 18.2 Å². The molecular formula is C16H19N3O4. The lowest BCUT2D eigenvalue weighted by atomic mass is 10.1. The predicted octanol–water partition coefficient (Wildman–Crippen LogP) is 2.55. The fourth-order valence-electron chi connectivity index (χ4n) is 2.69. The molecule has 1 aromatic carbocycles. The van der Waals surface area contributed by atoms with Gasteiger partial charge in [-0.05, 0) is 25.5 Å². The Balaban J connectivity index is 2.33. The van der Waals surface area contributed by atoms with Gasteiger partial charge in [-0.15, -0.1) is 0 Å². The Morgan fingerprint density at radius 3 is 2.91 bits per heavy atom. The van der Waals surface area contributed by atoms with Crippen molar-refractivity contribution in [2.75, 3.05) is 31.2 Å². The van der Waals surface area contributed by atoms with Crippen molar-refractivity contribution in [3.05, 3.63) is 33.9 Å². The molecule has 1 aliphatic rings. The molecule has 7 heteroatoms. The van der Waals surface area contributed by atoms with Crippen LogP contribution in [-0.2, 0) is 4.74 Å². The molecule has 2 rings (SSSR count). The smallest absolute Gasteiger partial charge is 0.293 e. The number of nitro benzene ring substituents is 1. The van der Waals surface area contributed by atoms with Gasteiger partial charge in [0.05, 0.1) is 24.0 Å². The van der Waals surface area contributed by atoms with Crippen molar-refractivity contribution in [3.8, 4) is 6.07 Å². The van der Waals surface area contributed by atoms with Crippen molar-refractivity contribution < 1.29 is 14.5 Å². The molecular weight excluding hydrogens is 298 g/mol. The van der Waals surface area contributed by atoms with E-state index in [0.717, 1.165) is 6.42 Å². The van der Waals surface area contributed by atoms with Crippen LogP contribution in [0.4, 0.5) is 11.4 Å². The van der Waals surface area contributed by atoms with E-state index < -0.39 is 4.92 Å². The molecule has 0 spiro atoms. The number of Topliss-reactive ketones (excluding diaryl/α,β-unsaturated/α-hetero) is 1. The summed E-state index contributed by atoms with van der Waals surface area (Å²) in [7, 11) is 0. The molecule has 1 heterocycles. The number of nitrogens with zero attached hydrogens (tertiary/aromatic N) is 3. The Morgan fingerprint density at radius 2 is 2.35 bits per heavy atom. The maximum Gasteiger partial charge on any atom is 0.293 e. The molecule has 1 fully saturated rings. The summed E-state index contributed by atoms with van der Waals surface area (Å²) in [5.74, 6) is 0.0770. The number of hydrogen-bond acceptors (Lipinski definition) is 6. The van der Waals surface area contributed by atoms with E-state index in [2.05, 4.69) is 6.07 Å². The third-order valence-electron chi connectivity index (χ3n) is 3.92. The van der Waals surface area contributed by atoms with Crippen LogP contribution in [0.5, 0.6) is 0 Å². The highest BCUT2D eigenvalue weighted by atomic mass is 16.6. The first-order valence-corrected chi connectivity index (χ1v) is 7.52. The zero-order chi connectivity index (χ0) is 16.8. The van der Waals surface area contributed by atoms with E-state index in [0.29, 0.717) is 43.5 Å². The van der Waals surface area contributed by atoms with E-state index in [1.165, 1.54) is 13.0 Å². The third kappa shape index (κ3) is 4.27. The molecule has 1 atom stereocenters. The van der Waals surface area contributed by atoms with Crippen LogP contribution in [0.1, 0.15) is 30.1 Å². The monoisotopic (exact) mass is 317 g/mol. The average Bonchev–Trinajstić information content (AvgIpc) is 3.03. The van der Waals surface area contributed by atoms with Crippen molar-refractivity contribution in [1.82, 2.24) is 0 Å². The fraction of sp³-hybridized carbons (Fsp3) is 0.500. The van der Waals surface area contributed by atoms with Crippen LogP contribution in [0.25, 0.3) is 0 Å². The molecule has 0 radical (unpaired) electrons. The molecule has 23 heavy (non-hydrogen) atoms. The van der Waals surface area contributed by atoms with Crippen molar-refractivity contribution in [2.45, 2.75) is 19.8 Å². The molecule has 1 aliphatic heterocycles. The van der Waals surface area contributed by atoms with Gasteiger partial charge in [-0.2, -0.15) is 5.26 Å². The number of anilines is 1. The van der Waals surface area contributed by atoms with E-state index in [4.69, 9.17) is 10.00 Å². The molecule has 0 bridgehead atoms. The molecule has 0 aromatic heterocycles. The second-order valence-corrected chi connectivity index (χ2v) is 5.60. The number of hydrogen-bond donors (Lipinski definition) is 0. The average molecular weight is 317 g/mol. The van der Waals surface area contributed by atoms with Gasteiger partial charge >= 0.3 is 0 Å². The number of nitro groups is 1. The van der Waals surface area contributed by atoms with Crippen molar-refractivity contribution in [1.29, 1.82) is 5.26 Å².